The molecule has 0 aromatic heterocycles. The molecule has 6 heteroatoms. The Morgan fingerprint density at radius 3 is 2.67 bits per heavy atom. The summed E-state index contributed by atoms with van der Waals surface area (Å²) < 4.78 is 5.40. The summed E-state index contributed by atoms with van der Waals surface area (Å²) in [7, 11) is 0. The van der Waals surface area contributed by atoms with Gasteiger partial charge in [-0.2, -0.15) is 0 Å². The van der Waals surface area contributed by atoms with E-state index in [2.05, 4.69) is 5.32 Å². The van der Waals surface area contributed by atoms with E-state index in [-0.39, 0.29) is 17.9 Å². The molecule has 5 nitrogen and oxygen atoms in total. The summed E-state index contributed by atoms with van der Waals surface area (Å²) in [6, 6.07) is 5.35. The first-order valence-corrected chi connectivity index (χ1v) is 8.58. The Labute approximate surface area is 148 Å². The molecule has 0 bridgehead atoms. The van der Waals surface area contributed by atoms with Crippen LogP contribution in [0.5, 0.6) is 0 Å². The first-order chi connectivity index (χ1) is 11.2. The lowest BCUT2D eigenvalue weighted by Gasteiger charge is -2.33. The fourth-order valence-electron chi connectivity index (χ4n) is 2.69. The molecule has 1 aliphatic rings. The molecule has 1 heterocycles. The Morgan fingerprint density at radius 2 is 2.04 bits per heavy atom. The highest BCUT2D eigenvalue weighted by molar-refractivity contribution is 6.30. The van der Waals surface area contributed by atoms with Gasteiger partial charge in [0.2, 0.25) is 5.91 Å². The SMILES string of the molecule is Cc1cc(Cl)ccc1NC(=O)C1CCCN(C(=O)OC(C)(C)C)C1. The quantitative estimate of drug-likeness (QED) is 0.866. The van der Waals surface area contributed by atoms with Crippen LogP contribution in [-0.2, 0) is 9.53 Å². The van der Waals surface area contributed by atoms with Crippen LogP contribution in [0.3, 0.4) is 0 Å². The lowest BCUT2D eigenvalue weighted by Crippen LogP contribution is -2.45. The van der Waals surface area contributed by atoms with Gasteiger partial charge in [-0.15, -0.1) is 0 Å². The van der Waals surface area contributed by atoms with Crippen molar-refractivity contribution in [1.82, 2.24) is 4.90 Å². The van der Waals surface area contributed by atoms with Crippen LogP contribution < -0.4 is 5.32 Å². The van der Waals surface area contributed by atoms with E-state index in [9.17, 15) is 9.59 Å². The number of halogens is 1. The first-order valence-electron chi connectivity index (χ1n) is 8.20. The summed E-state index contributed by atoms with van der Waals surface area (Å²) in [5.74, 6) is -0.310. The molecule has 0 radical (unpaired) electrons. The number of hydrogen-bond acceptors (Lipinski definition) is 3. The van der Waals surface area contributed by atoms with Crippen molar-refractivity contribution in [3.8, 4) is 0 Å². The average molecular weight is 353 g/mol. The highest BCUT2D eigenvalue weighted by Crippen LogP contribution is 2.23. The summed E-state index contributed by atoms with van der Waals surface area (Å²) in [4.78, 5) is 26.3. The second-order valence-corrected chi connectivity index (χ2v) is 7.65. The summed E-state index contributed by atoms with van der Waals surface area (Å²) in [6.07, 6.45) is 1.19. The minimum atomic E-state index is -0.535. The van der Waals surface area contributed by atoms with Gasteiger partial charge in [0.1, 0.15) is 5.60 Å². The number of benzene rings is 1. The number of carbonyl (C=O) groups excluding carboxylic acids is 2. The van der Waals surface area contributed by atoms with Gasteiger partial charge in [-0.3, -0.25) is 4.79 Å². The maximum atomic E-state index is 12.5. The molecule has 2 amide bonds. The molecular weight excluding hydrogens is 328 g/mol. The molecule has 1 aromatic rings. The Balaban J connectivity index is 1.98. The van der Waals surface area contributed by atoms with Crippen LogP contribution in [0.4, 0.5) is 10.5 Å². The molecule has 24 heavy (non-hydrogen) atoms. The highest BCUT2D eigenvalue weighted by atomic mass is 35.5. The number of carbonyl (C=O) groups is 2. The van der Waals surface area contributed by atoms with Crippen LogP contribution in [0.2, 0.25) is 5.02 Å². The third kappa shape index (κ3) is 5.13. The van der Waals surface area contributed by atoms with Gasteiger partial charge in [0.25, 0.3) is 0 Å². The van der Waals surface area contributed by atoms with E-state index in [1.54, 1.807) is 17.0 Å². The molecule has 1 unspecified atom stereocenters. The number of ether oxygens (including phenoxy) is 1. The van der Waals surface area contributed by atoms with E-state index >= 15 is 0 Å². The maximum absolute atomic E-state index is 12.5. The van der Waals surface area contributed by atoms with Crippen LogP contribution in [0.15, 0.2) is 18.2 Å². The van der Waals surface area contributed by atoms with Gasteiger partial charge in [0, 0.05) is 23.8 Å². The van der Waals surface area contributed by atoms with Crippen LogP contribution in [0.25, 0.3) is 0 Å². The number of rotatable bonds is 2. The zero-order valence-electron chi connectivity index (χ0n) is 14.7. The Bertz CT molecular complexity index is 625. The Kier molecular flexibility index (Phi) is 5.75. The number of nitrogens with one attached hydrogen (secondary N) is 1. The molecule has 2 rings (SSSR count). The molecule has 1 aliphatic heterocycles. The standard InChI is InChI=1S/C18H25ClN2O3/c1-12-10-14(19)7-8-15(12)20-16(22)13-6-5-9-21(11-13)17(23)24-18(2,3)4/h7-8,10,13H,5-6,9,11H2,1-4H3,(H,20,22). The number of piperidine rings is 1. The molecule has 1 atom stereocenters. The van der Waals surface area contributed by atoms with Crippen molar-refractivity contribution in [2.45, 2.75) is 46.1 Å². The van der Waals surface area contributed by atoms with E-state index in [0.29, 0.717) is 18.1 Å². The highest BCUT2D eigenvalue weighted by Gasteiger charge is 2.31. The molecule has 0 saturated carbocycles. The number of nitrogens with zero attached hydrogens (tertiary/aromatic N) is 1. The lowest BCUT2D eigenvalue weighted by atomic mass is 9.97. The monoisotopic (exact) mass is 352 g/mol. The predicted octanol–water partition coefficient (Wildman–Crippen LogP) is 4.23. The van der Waals surface area contributed by atoms with Crippen molar-refractivity contribution < 1.29 is 14.3 Å². The van der Waals surface area contributed by atoms with Gasteiger partial charge < -0.3 is 15.0 Å². The third-order valence-corrected chi connectivity index (χ3v) is 4.13. The average Bonchev–Trinajstić information content (AvgIpc) is 2.48. The normalized spacial score (nSPS) is 18.2. The Morgan fingerprint density at radius 1 is 1.33 bits per heavy atom. The zero-order valence-corrected chi connectivity index (χ0v) is 15.4. The molecule has 0 aliphatic carbocycles. The molecule has 0 spiro atoms. The van der Waals surface area contributed by atoms with Crippen molar-refractivity contribution in [3.63, 3.8) is 0 Å². The predicted molar refractivity (Wildman–Crippen MR) is 95.3 cm³/mol. The van der Waals surface area contributed by atoms with Crippen LogP contribution in [0.1, 0.15) is 39.2 Å². The van der Waals surface area contributed by atoms with E-state index in [0.717, 1.165) is 24.1 Å². The molecule has 1 N–H and O–H groups in total. The third-order valence-electron chi connectivity index (χ3n) is 3.89. The number of anilines is 1. The van der Waals surface area contributed by atoms with E-state index in [4.69, 9.17) is 16.3 Å². The van der Waals surface area contributed by atoms with Gasteiger partial charge in [0.05, 0.1) is 5.92 Å². The van der Waals surface area contributed by atoms with Crippen molar-refractivity contribution in [2.75, 3.05) is 18.4 Å². The van der Waals surface area contributed by atoms with Crippen molar-refractivity contribution in [2.24, 2.45) is 5.92 Å². The summed E-state index contributed by atoms with van der Waals surface area (Å²) in [5, 5.41) is 3.58. The minimum Gasteiger partial charge on any atom is -0.444 e. The van der Waals surface area contributed by atoms with Crippen molar-refractivity contribution >= 4 is 29.3 Å². The second-order valence-electron chi connectivity index (χ2n) is 7.21. The second kappa shape index (κ2) is 7.43. The largest absolute Gasteiger partial charge is 0.444 e. The topological polar surface area (TPSA) is 58.6 Å². The Hall–Kier alpha value is -1.75. The van der Waals surface area contributed by atoms with Gasteiger partial charge in [-0.1, -0.05) is 11.6 Å². The molecule has 1 fully saturated rings. The molecular formula is C18H25ClN2O3. The van der Waals surface area contributed by atoms with E-state index < -0.39 is 5.60 Å². The molecule has 132 valence electrons. The smallest absolute Gasteiger partial charge is 0.410 e. The van der Waals surface area contributed by atoms with E-state index in [1.807, 2.05) is 33.8 Å². The van der Waals surface area contributed by atoms with Crippen molar-refractivity contribution in [3.05, 3.63) is 28.8 Å². The maximum Gasteiger partial charge on any atom is 0.410 e. The van der Waals surface area contributed by atoms with Gasteiger partial charge in [-0.05, 0) is 64.3 Å². The van der Waals surface area contributed by atoms with Crippen LogP contribution >= 0.6 is 11.6 Å². The van der Waals surface area contributed by atoms with Crippen molar-refractivity contribution in [1.29, 1.82) is 0 Å². The summed E-state index contributed by atoms with van der Waals surface area (Å²) in [6.45, 7) is 8.41. The lowest BCUT2D eigenvalue weighted by molar-refractivity contribution is -0.121. The number of amides is 2. The van der Waals surface area contributed by atoms with Crippen LogP contribution in [-0.4, -0.2) is 35.6 Å². The minimum absolute atomic E-state index is 0.0753. The fraction of sp³-hybridized carbons (Fsp3) is 0.556. The van der Waals surface area contributed by atoms with Gasteiger partial charge >= 0.3 is 6.09 Å². The fourth-order valence-corrected chi connectivity index (χ4v) is 2.91. The van der Waals surface area contributed by atoms with Gasteiger partial charge in [0.15, 0.2) is 0 Å². The number of likely N-dealkylation sites (tertiary alicyclic amines) is 1. The van der Waals surface area contributed by atoms with Crippen LogP contribution in [0, 0.1) is 12.8 Å². The molecule has 1 saturated heterocycles. The first kappa shape index (κ1) is 18.6. The van der Waals surface area contributed by atoms with Gasteiger partial charge in [-0.25, -0.2) is 4.79 Å². The number of hydrogen-bond donors (Lipinski definition) is 1. The summed E-state index contributed by atoms with van der Waals surface area (Å²) >= 11 is 5.94. The zero-order chi connectivity index (χ0) is 17.9. The van der Waals surface area contributed by atoms with E-state index in [1.165, 1.54) is 0 Å². The molecule has 1 aromatic carbocycles. The summed E-state index contributed by atoms with van der Waals surface area (Å²) in [5.41, 5.74) is 1.13. The number of aryl methyl sites for hydroxylation is 1.